The molecule has 6 heteroatoms. The monoisotopic (exact) mass is 274 g/mol. The molecule has 19 heavy (non-hydrogen) atoms. The average Bonchev–Trinajstić information content (AvgIpc) is 2.85. The highest BCUT2D eigenvalue weighted by Crippen LogP contribution is 2.22. The van der Waals surface area contributed by atoms with Gasteiger partial charge in [-0.15, -0.1) is 0 Å². The van der Waals surface area contributed by atoms with Crippen molar-refractivity contribution in [1.82, 2.24) is 15.0 Å². The maximum Gasteiger partial charge on any atom is 0.254 e. The Bertz CT molecular complexity index is 668. The first-order valence-electron chi connectivity index (χ1n) is 6.16. The Kier molecular flexibility index (Phi) is 3.25. The number of thioether (sulfide) groups is 1. The topological polar surface area (TPSA) is 84.7 Å². The number of nitrogens with zero attached hydrogens (tertiary/aromatic N) is 2. The number of nitrogens with one attached hydrogen (secondary N) is 1. The molecule has 0 aliphatic heterocycles. The lowest BCUT2D eigenvalue weighted by Crippen LogP contribution is -2.14. The van der Waals surface area contributed by atoms with Crippen LogP contribution >= 0.6 is 11.8 Å². The van der Waals surface area contributed by atoms with Crippen LogP contribution in [0.5, 0.6) is 0 Å². The molecule has 0 saturated carbocycles. The molecule has 0 amide bonds. The number of H-pyrrole nitrogens is 1. The summed E-state index contributed by atoms with van der Waals surface area (Å²) in [4.78, 5) is 23.2. The van der Waals surface area contributed by atoms with E-state index in [1.807, 2.05) is 6.07 Å². The van der Waals surface area contributed by atoms with Crippen LogP contribution in [0.1, 0.15) is 23.2 Å². The van der Waals surface area contributed by atoms with Crippen LogP contribution in [0.25, 0.3) is 0 Å². The van der Waals surface area contributed by atoms with Gasteiger partial charge in [0.05, 0.1) is 11.4 Å². The maximum absolute atomic E-state index is 11.9. The minimum Gasteiger partial charge on any atom is -0.397 e. The second kappa shape index (κ2) is 5.05. The molecule has 2 heterocycles. The highest BCUT2D eigenvalue weighted by atomic mass is 32.2. The number of hydrogen-bond donors (Lipinski definition) is 2. The Balaban J connectivity index is 1.77. The molecule has 0 atom stereocenters. The molecule has 0 spiro atoms. The normalized spacial score (nSPS) is 13.5. The first-order valence-corrected chi connectivity index (χ1v) is 7.15. The molecule has 3 rings (SSSR count). The van der Waals surface area contributed by atoms with Crippen LogP contribution < -0.4 is 11.3 Å². The third-order valence-electron chi connectivity index (χ3n) is 3.11. The lowest BCUT2D eigenvalue weighted by molar-refractivity contribution is 0.869. The SMILES string of the molecule is Nc1cncc(CSc2nc3c(c(=O)[nH]2)CCC3)c1. The molecule has 98 valence electrons. The van der Waals surface area contributed by atoms with E-state index >= 15 is 0 Å². The number of nitrogen functional groups attached to an aromatic ring is 1. The van der Waals surface area contributed by atoms with Crippen LogP contribution in [0.2, 0.25) is 0 Å². The Hall–Kier alpha value is -1.82. The van der Waals surface area contributed by atoms with Crippen molar-refractivity contribution in [2.75, 3.05) is 5.73 Å². The summed E-state index contributed by atoms with van der Waals surface area (Å²) in [5.41, 5.74) is 9.17. The fourth-order valence-electron chi connectivity index (χ4n) is 2.23. The summed E-state index contributed by atoms with van der Waals surface area (Å²) in [7, 11) is 0. The highest BCUT2D eigenvalue weighted by Gasteiger charge is 2.17. The Morgan fingerprint density at radius 1 is 1.37 bits per heavy atom. The number of hydrogen-bond acceptors (Lipinski definition) is 5. The molecule has 5 nitrogen and oxygen atoms in total. The van der Waals surface area contributed by atoms with Crippen molar-refractivity contribution >= 4 is 17.4 Å². The molecule has 0 unspecified atom stereocenters. The third kappa shape index (κ3) is 2.63. The van der Waals surface area contributed by atoms with Crippen molar-refractivity contribution in [1.29, 1.82) is 0 Å². The summed E-state index contributed by atoms with van der Waals surface area (Å²) >= 11 is 1.50. The van der Waals surface area contributed by atoms with E-state index in [4.69, 9.17) is 5.73 Å². The Morgan fingerprint density at radius 2 is 2.26 bits per heavy atom. The zero-order valence-electron chi connectivity index (χ0n) is 10.3. The molecule has 0 bridgehead atoms. The van der Waals surface area contributed by atoms with Crippen LogP contribution in [0.4, 0.5) is 5.69 Å². The quantitative estimate of drug-likeness (QED) is 0.655. The second-order valence-electron chi connectivity index (χ2n) is 4.57. The van der Waals surface area contributed by atoms with E-state index in [-0.39, 0.29) is 5.56 Å². The number of aromatic amines is 1. The van der Waals surface area contributed by atoms with Gasteiger partial charge >= 0.3 is 0 Å². The van der Waals surface area contributed by atoms with Gasteiger partial charge < -0.3 is 10.7 Å². The van der Waals surface area contributed by atoms with Gasteiger partial charge in [0.2, 0.25) is 0 Å². The molecular weight excluding hydrogens is 260 g/mol. The first kappa shape index (κ1) is 12.2. The van der Waals surface area contributed by atoms with Crippen molar-refractivity contribution < 1.29 is 0 Å². The lowest BCUT2D eigenvalue weighted by atomic mass is 10.3. The zero-order valence-corrected chi connectivity index (χ0v) is 11.2. The largest absolute Gasteiger partial charge is 0.397 e. The van der Waals surface area contributed by atoms with Gasteiger partial charge in [0, 0.05) is 23.7 Å². The van der Waals surface area contributed by atoms with Gasteiger partial charge in [0.1, 0.15) is 0 Å². The van der Waals surface area contributed by atoms with Gasteiger partial charge in [-0.3, -0.25) is 9.78 Å². The Morgan fingerprint density at radius 3 is 3.11 bits per heavy atom. The standard InChI is InChI=1S/C13H14N4OS/c14-9-4-8(5-15-6-9)7-19-13-16-11-3-1-2-10(11)12(18)17-13/h4-6H,1-3,7,14H2,(H,16,17,18). The number of aromatic nitrogens is 3. The van der Waals surface area contributed by atoms with E-state index in [1.165, 1.54) is 11.8 Å². The molecule has 1 aliphatic carbocycles. The number of nitrogens with two attached hydrogens (primary N) is 1. The Labute approximate surface area is 114 Å². The highest BCUT2D eigenvalue weighted by molar-refractivity contribution is 7.98. The molecule has 2 aromatic heterocycles. The molecule has 0 saturated heterocycles. The molecule has 0 aromatic carbocycles. The summed E-state index contributed by atoms with van der Waals surface area (Å²) in [6, 6.07) is 1.88. The number of pyridine rings is 1. The van der Waals surface area contributed by atoms with Crippen molar-refractivity contribution in [2.45, 2.75) is 30.2 Å². The lowest BCUT2D eigenvalue weighted by Gasteiger charge is -2.04. The molecular formula is C13H14N4OS. The summed E-state index contributed by atoms with van der Waals surface area (Å²) in [6.07, 6.45) is 6.17. The minimum atomic E-state index is 0.00991. The number of rotatable bonds is 3. The molecule has 2 aromatic rings. The van der Waals surface area contributed by atoms with Crippen LogP contribution in [-0.4, -0.2) is 15.0 Å². The van der Waals surface area contributed by atoms with Crippen molar-refractivity contribution in [2.24, 2.45) is 0 Å². The molecule has 3 N–H and O–H groups in total. The number of aryl methyl sites for hydroxylation is 1. The van der Waals surface area contributed by atoms with Gasteiger partial charge in [-0.25, -0.2) is 4.98 Å². The molecule has 0 fully saturated rings. The summed E-state index contributed by atoms with van der Waals surface area (Å²) < 4.78 is 0. The summed E-state index contributed by atoms with van der Waals surface area (Å²) in [5.74, 6) is 0.694. The minimum absolute atomic E-state index is 0.00991. The first-order chi connectivity index (χ1) is 9.22. The fourth-order valence-corrected chi connectivity index (χ4v) is 3.03. The van der Waals surface area contributed by atoms with Crippen molar-refractivity contribution in [3.8, 4) is 0 Å². The number of anilines is 1. The van der Waals surface area contributed by atoms with Gasteiger partial charge in [-0.2, -0.15) is 0 Å². The van der Waals surface area contributed by atoms with E-state index in [2.05, 4.69) is 15.0 Å². The van der Waals surface area contributed by atoms with E-state index < -0.39 is 0 Å². The summed E-state index contributed by atoms with van der Waals surface area (Å²) in [5, 5.41) is 0.674. The molecule has 0 radical (unpaired) electrons. The van der Waals surface area contributed by atoms with Gasteiger partial charge in [-0.1, -0.05) is 11.8 Å². The van der Waals surface area contributed by atoms with Crippen LogP contribution in [0.3, 0.4) is 0 Å². The van der Waals surface area contributed by atoms with E-state index in [0.717, 1.165) is 36.1 Å². The van der Waals surface area contributed by atoms with Gasteiger partial charge in [0.15, 0.2) is 5.16 Å². The van der Waals surface area contributed by atoms with E-state index in [0.29, 0.717) is 16.6 Å². The second-order valence-corrected chi connectivity index (χ2v) is 5.53. The van der Waals surface area contributed by atoms with Crippen LogP contribution in [-0.2, 0) is 18.6 Å². The zero-order chi connectivity index (χ0) is 13.2. The third-order valence-corrected chi connectivity index (χ3v) is 4.06. The van der Waals surface area contributed by atoms with Crippen molar-refractivity contribution in [3.63, 3.8) is 0 Å². The number of fused-ring (bicyclic) bond motifs is 1. The predicted octanol–water partition coefficient (Wildman–Crippen LogP) is 1.53. The summed E-state index contributed by atoms with van der Waals surface area (Å²) in [6.45, 7) is 0. The molecule has 1 aliphatic rings. The van der Waals surface area contributed by atoms with E-state index in [9.17, 15) is 4.79 Å². The van der Waals surface area contributed by atoms with E-state index in [1.54, 1.807) is 12.4 Å². The van der Waals surface area contributed by atoms with Crippen LogP contribution in [0.15, 0.2) is 28.4 Å². The smallest absolute Gasteiger partial charge is 0.254 e. The average molecular weight is 274 g/mol. The maximum atomic E-state index is 11.9. The van der Waals surface area contributed by atoms with Crippen molar-refractivity contribution in [3.05, 3.63) is 45.6 Å². The van der Waals surface area contributed by atoms with Gasteiger partial charge in [-0.05, 0) is 30.9 Å². The van der Waals surface area contributed by atoms with Gasteiger partial charge in [0.25, 0.3) is 5.56 Å². The van der Waals surface area contributed by atoms with Crippen LogP contribution in [0, 0.1) is 0 Å². The fraction of sp³-hybridized carbons (Fsp3) is 0.308. The predicted molar refractivity (Wildman–Crippen MR) is 75.1 cm³/mol.